The SMILES string of the molecule is CCOc1ccc(C(=O)NCC(=O)Nc2ccc(SC)cc2)cc1. The molecule has 2 rings (SSSR count). The van der Waals surface area contributed by atoms with Crippen LogP contribution >= 0.6 is 11.8 Å². The molecule has 0 aliphatic carbocycles. The van der Waals surface area contributed by atoms with Crippen LogP contribution in [0.2, 0.25) is 0 Å². The van der Waals surface area contributed by atoms with Crippen molar-refractivity contribution in [1.82, 2.24) is 5.32 Å². The summed E-state index contributed by atoms with van der Waals surface area (Å²) in [7, 11) is 0. The van der Waals surface area contributed by atoms with Crippen molar-refractivity contribution in [2.24, 2.45) is 0 Å². The van der Waals surface area contributed by atoms with Crippen LogP contribution < -0.4 is 15.4 Å². The number of thioether (sulfide) groups is 1. The predicted octanol–water partition coefficient (Wildman–Crippen LogP) is 3.18. The number of anilines is 1. The van der Waals surface area contributed by atoms with Crippen molar-refractivity contribution in [1.29, 1.82) is 0 Å². The molecule has 0 aliphatic heterocycles. The summed E-state index contributed by atoms with van der Waals surface area (Å²) >= 11 is 1.63. The first-order valence-corrected chi connectivity index (χ1v) is 8.80. The molecule has 126 valence electrons. The summed E-state index contributed by atoms with van der Waals surface area (Å²) < 4.78 is 5.32. The minimum Gasteiger partial charge on any atom is -0.494 e. The van der Waals surface area contributed by atoms with Crippen molar-refractivity contribution in [3.05, 3.63) is 54.1 Å². The highest BCUT2D eigenvalue weighted by Gasteiger charge is 2.08. The third-order valence-corrected chi connectivity index (χ3v) is 3.95. The second kappa shape index (κ2) is 8.98. The molecule has 6 heteroatoms. The fourth-order valence-corrected chi connectivity index (χ4v) is 2.42. The number of nitrogens with one attached hydrogen (secondary N) is 2. The van der Waals surface area contributed by atoms with Crippen LogP contribution in [0.25, 0.3) is 0 Å². The van der Waals surface area contributed by atoms with Gasteiger partial charge in [-0.05, 0) is 61.7 Å². The van der Waals surface area contributed by atoms with E-state index in [0.717, 1.165) is 4.90 Å². The molecular weight excluding hydrogens is 324 g/mol. The molecule has 2 N–H and O–H groups in total. The van der Waals surface area contributed by atoms with E-state index in [0.29, 0.717) is 23.6 Å². The van der Waals surface area contributed by atoms with Crippen LogP contribution in [0.1, 0.15) is 17.3 Å². The van der Waals surface area contributed by atoms with Gasteiger partial charge in [0.1, 0.15) is 5.75 Å². The van der Waals surface area contributed by atoms with Crippen molar-refractivity contribution in [2.45, 2.75) is 11.8 Å². The van der Waals surface area contributed by atoms with Crippen LogP contribution in [0, 0.1) is 0 Å². The van der Waals surface area contributed by atoms with Gasteiger partial charge in [0.2, 0.25) is 5.91 Å². The normalized spacial score (nSPS) is 10.1. The summed E-state index contributed by atoms with van der Waals surface area (Å²) in [6.07, 6.45) is 1.99. The number of amides is 2. The van der Waals surface area contributed by atoms with Crippen molar-refractivity contribution in [3.8, 4) is 5.75 Å². The summed E-state index contributed by atoms with van der Waals surface area (Å²) in [5.74, 6) is 0.137. The average Bonchev–Trinajstić information content (AvgIpc) is 2.61. The Hall–Kier alpha value is -2.47. The van der Waals surface area contributed by atoms with Crippen LogP contribution in [0.3, 0.4) is 0 Å². The van der Waals surface area contributed by atoms with Crippen molar-refractivity contribution in [2.75, 3.05) is 24.7 Å². The van der Waals surface area contributed by atoms with E-state index < -0.39 is 0 Å². The molecule has 0 radical (unpaired) electrons. The minimum absolute atomic E-state index is 0.0870. The maximum absolute atomic E-state index is 12.0. The number of hydrogen-bond acceptors (Lipinski definition) is 4. The summed E-state index contributed by atoms with van der Waals surface area (Å²) in [5.41, 5.74) is 1.18. The Kier molecular flexibility index (Phi) is 6.69. The molecular formula is C18H20N2O3S. The second-order valence-corrected chi connectivity index (χ2v) is 5.80. The van der Waals surface area contributed by atoms with E-state index >= 15 is 0 Å². The molecule has 0 unspecified atom stereocenters. The number of hydrogen-bond donors (Lipinski definition) is 2. The predicted molar refractivity (Wildman–Crippen MR) is 96.8 cm³/mol. The number of ether oxygens (including phenoxy) is 1. The Morgan fingerprint density at radius 1 is 1.04 bits per heavy atom. The fourth-order valence-electron chi connectivity index (χ4n) is 2.01. The maximum Gasteiger partial charge on any atom is 0.251 e. The Balaban J connectivity index is 1.82. The molecule has 0 aliphatic rings. The first-order valence-electron chi connectivity index (χ1n) is 7.57. The molecule has 2 aromatic carbocycles. The number of benzene rings is 2. The number of rotatable bonds is 7. The van der Waals surface area contributed by atoms with Crippen LogP contribution in [0.15, 0.2) is 53.4 Å². The fraction of sp³-hybridized carbons (Fsp3) is 0.222. The van der Waals surface area contributed by atoms with Gasteiger partial charge >= 0.3 is 0 Å². The van der Waals surface area contributed by atoms with Crippen LogP contribution in [-0.2, 0) is 4.79 Å². The summed E-state index contributed by atoms with van der Waals surface area (Å²) in [4.78, 5) is 25.0. The third kappa shape index (κ3) is 5.31. The van der Waals surface area contributed by atoms with Gasteiger partial charge in [-0.3, -0.25) is 9.59 Å². The molecule has 24 heavy (non-hydrogen) atoms. The standard InChI is InChI=1S/C18H20N2O3S/c1-3-23-15-8-4-13(5-9-15)18(22)19-12-17(21)20-14-6-10-16(24-2)11-7-14/h4-11H,3,12H2,1-2H3,(H,19,22)(H,20,21). The Morgan fingerprint density at radius 2 is 1.71 bits per heavy atom. The van der Waals surface area contributed by atoms with E-state index in [1.807, 2.05) is 37.4 Å². The summed E-state index contributed by atoms with van der Waals surface area (Å²) in [6, 6.07) is 14.3. The molecule has 0 aromatic heterocycles. The topological polar surface area (TPSA) is 67.4 Å². The molecule has 0 spiro atoms. The zero-order valence-corrected chi connectivity index (χ0v) is 14.5. The van der Waals surface area contributed by atoms with Crippen LogP contribution in [0.4, 0.5) is 5.69 Å². The molecule has 0 heterocycles. The van der Waals surface area contributed by atoms with Crippen molar-refractivity contribution < 1.29 is 14.3 Å². The Morgan fingerprint density at radius 3 is 2.29 bits per heavy atom. The van der Waals surface area contributed by atoms with Crippen LogP contribution in [-0.4, -0.2) is 31.2 Å². The molecule has 2 amide bonds. The van der Waals surface area contributed by atoms with E-state index in [-0.39, 0.29) is 18.4 Å². The van der Waals surface area contributed by atoms with Gasteiger partial charge in [-0.25, -0.2) is 0 Å². The molecule has 0 atom stereocenters. The van der Waals surface area contributed by atoms with Gasteiger partial charge in [-0.15, -0.1) is 11.8 Å². The van der Waals surface area contributed by atoms with Crippen molar-refractivity contribution >= 4 is 29.3 Å². The van der Waals surface area contributed by atoms with Gasteiger partial charge in [0.25, 0.3) is 5.91 Å². The zero-order valence-electron chi connectivity index (χ0n) is 13.7. The van der Waals surface area contributed by atoms with Gasteiger partial charge in [0.05, 0.1) is 13.2 Å². The first kappa shape index (κ1) is 17.9. The average molecular weight is 344 g/mol. The lowest BCUT2D eigenvalue weighted by Gasteiger charge is -2.08. The molecule has 0 bridgehead atoms. The monoisotopic (exact) mass is 344 g/mol. The molecule has 0 saturated heterocycles. The lowest BCUT2D eigenvalue weighted by Crippen LogP contribution is -2.32. The minimum atomic E-state index is -0.300. The van der Waals surface area contributed by atoms with Gasteiger partial charge in [-0.1, -0.05) is 0 Å². The smallest absolute Gasteiger partial charge is 0.251 e. The second-order valence-electron chi connectivity index (χ2n) is 4.92. The summed E-state index contributed by atoms with van der Waals surface area (Å²) in [5, 5.41) is 5.34. The van der Waals surface area contributed by atoms with E-state index in [1.165, 1.54) is 0 Å². The molecule has 2 aromatic rings. The number of carbonyl (C=O) groups is 2. The van der Waals surface area contributed by atoms with Crippen LogP contribution in [0.5, 0.6) is 5.75 Å². The van der Waals surface area contributed by atoms with E-state index in [4.69, 9.17) is 4.74 Å². The lowest BCUT2D eigenvalue weighted by molar-refractivity contribution is -0.115. The third-order valence-electron chi connectivity index (χ3n) is 3.21. The van der Waals surface area contributed by atoms with E-state index in [2.05, 4.69) is 10.6 Å². The van der Waals surface area contributed by atoms with E-state index in [1.54, 1.807) is 36.0 Å². The van der Waals surface area contributed by atoms with Gasteiger partial charge in [0, 0.05) is 16.1 Å². The van der Waals surface area contributed by atoms with Gasteiger partial charge < -0.3 is 15.4 Å². The summed E-state index contributed by atoms with van der Waals surface area (Å²) in [6.45, 7) is 2.38. The van der Waals surface area contributed by atoms with Gasteiger partial charge in [0.15, 0.2) is 0 Å². The van der Waals surface area contributed by atoms with E-state index in [9.17, 15) is 9.59 Å². The Bertz CT molecular complexity index is 684. The van der Waals surface area contributed by atoms with Gasteiger partial charge in [-0.2, -0.15) is 0 Å². The lowest BCUT2D eigenvalue weighted by atomic mass is 10.2. The first-order chi connectivity index (χ1) is 11.6. The molecule has 0 fully saturated rings. The van der Waals surface area contributed by atoms with Crippen molar-refractivity contribution in [3.63, 3.8) is 0 Å². The highest BCUT2D eigenvalue weighted by atomic mass is 32.2. The largest absolute Gasteiger partial charge is 0.494 e. The molecule has 5 nitrogen and oxygen atoms in total. The molecule has 0 saturated carbocycles. The number of carbonyl (C=O) groups excluding carboxylic acids is 2. The highest BCUT2D eigenvalue weighted by Crippen LogP contribution is 2.17. The highest BCUT2D eigenvalue weighted by molar-refractivity contribution is 7.98. The maximum atomic E-state index is 12.0. The zero-order chi connectivity index (χ0) is 17.4. The quantitative estimate of drug-likeness (QED) is 0.757. The Labute approximate surface area is 145 Å².